The van der Waals surface area contributed by atoms with Crippen LogP contribution in [0.5, 0.6) is 0 Å². The Labute approximate surface area is 130 Å². The van der Waals surface area contributed by atoms with Crippen LogP contribution in [0.3, 0.4) is 0 Å². The van der Waals surface area contributed by atoms with Crippen LogP contribution in [0.15, 0.2) is 38.1 Å². The first-order chi connectivity index (χ1) is 9.78. The predicted molar refractivity (Wildman–Crippen MR) is 88.3 cm³/mol. The Bertz CT molecular complexity index is 766. The number of rotatable bonds is 2. The van der Waals surface area contributed by atoms with Gasteiger partial charge in [0.1, 0.15) is 0 Å². The molecule has 0 amide bonds. The highest BCUT2D eigenvalue weighted by Gasteiger charge is 2.33. The van der Waals surface area contributed by atoms with Gasteiger partial charge in [0.15, 0.2) is 10.8 Å². The van der Waals surface area contributed by atoms with Crippen molar-refractivity contribution in [3.05, 3.63) is 39.3 Å². The fourth-order valence-electron chi connectivity index (χ4n) is 2.55. The third-order valence-electron chi connectivity index (χ3n) is 3.41. The predicted octanol–water partition coefficient (Wildman–Crippen LogP) is 4.49. The lowest BCUT2D eigenvalue weighted by Gasteiger charge is -2.17. The van der Waals surface area contributed by atoms with E-state index in [1.165, 1.54) is 9.93 Å². The van der Waals surface area contributed by atoms with E-state index in [2.05, 4.69) is 22.2 Å². The minimum Gasteiger partial charge on any atom is -0.463 e. The van der Waals surface area contributed by atoms with Crippen LogP contribution in [-0.2, 0) is 0 Å². The standard InChI is InChI=1S/C14H11ClN2OS2/c1-19-13-11(17-4-3-16-14(17)20-13)9-6-8-2-5-18-12(8)10(15)7-9/h2,5-7H,3-4H2,1H3. The lowest BCUT2D eigenvalue weighted by molar-refractivity contribution is 0.616. The fraction of sp³-hybridized carbons (Fsp3) is 0.214. The molecule has 2 aliphatic rings. The van der Waals surface area contributed by atoms with Gasteiger partial charge < -0.3 is 9.32 Å². The van der Waals surface area contributed by atoms with Gasteiger partial charge in [0.2, 0.25) is 0 Å². The summed E-state index contributed by atoms with van der Waals surface area (Å²) < 4.78 is 6.69. The van der Waals surface area contributed by atoms with Crippen molar-refractivity contribution in [3.63, 3.8) is 0 Å². The number of hydrogen-bond donors (Lipinski definition) is 0. The van der Waals surface area contributed by atoms with E-state index in [1.807, 2.05) is 12.1 Å². The van der Waals surface area contributed by atoms with Crippen molar-refractivity contribution in [2.75, 3.05) is 19.3 Å². The van der Waals surface area contributed by atoms with Crippen molar-refractivity contribution in [3.8, 4) is 0 Å². The second kappa shape index (κ2) is 4.76. The van der Waals surface area contributed by atoms with Crippen molar-refractivity contribution >= 4 is 57.0 Å². The largest absolute Gasteiger partial charge is 0.463 e. The van der Waals surface area contributed by atoms with Gasteiger partial charge in [-0.05, 0) is 36.2 Å². The number of benzene rings is 1. The Hall–Kier alpha value is -1.04. The van der Waals surface area contributed by atoms with Gasteiger partial charge in [-0.3, -0.25) is 4.99 Å². The van der Waals surface area contributed by atoms with Crippen molar-refractivity contribution in [2.45, 2.75) is 0 Å². The van der Waals surface area contributed by atoms with Crippen LogP contribution in [0.4, 0.5) is 0 Å². The van der Waals surface area contributed by atoms with E-state index in [0.717, 1.165) is 34.8 Å². The van der Waals surface area contributed by atoms with Gasteiger partial charge in [-0.15, -0.1) is 11.8 Å². The smallest absolute Gasteiger partial charge is 0.169 e. The molecule has 0 fully saturated rings. The van der Waals surface area contributed by atoms with E-state index < -0.39 is 0 Å². The molecule has 0 spiro atoms. The normalized spacial score (nSPS) is 18.1. The van der Waals surface area contributed by atoms with E-state index >= 15 is 0 Å². The second-order valence-corrected chi connectivity index (χ2v) is 7.01. The molecular formula is C14H11ClN2OS2. The summed E-state index contributed by atoms with van der Waals surface area (Å²) in [7, 11) is 0. The van der Waals surface area contributed by atoms with Gasteiger partial charge in [-0.25, -0.2) is 0 Å². The molecule has 0 bridgehead atoms. The molecule has 102 valence electrons. The highest BCUT2D eigenvalue weighted by molar-refractivity contribution is 8.30. The first-order valence-corrected chi connectivity index (χ1v) is 8.65. The summed E-state index contributed by atoms with van der Waals surface area (Å²) in [5.74, 6) is 0. The average Bonchev–Trinajstić information content (AvgIpc) is 3.12. The number of amidine groups is 1. The molecule has 20 heavy (non-hydrogen) atoms. The topological polar surface area (TPSA) is 28.7 Å². The molecule has 1 aromatic heterocycles. The number of thioether (sulfide) groups is 2. The Morgan fingerprint density at radius 3 is 3.20 bits per heavy atom. The molecule has 3 nitrogen and oxygen atoms in total. The van der Waals surface area contributed by atoms with Gasteiger partial charge in [-0.1, -0.05) is 11.6 Å². The summed E-state index contributed by atoms with van der Waals surface area (Å²) in [6.45, 7) is 1.82. The molecule has 4 rings (SSSR count). The van der Waals surface area contributed by atoms with Crippen molar-refractivity contribution in [1.82, 2.24) is 4.90 Å². The maximum atomic E-state index is 6.34. The lowest BCUT2D eigenvalue weighted by Crippen LogP contribution is -2.19. The van der Waals surface area contributed by atoms with Crippen LogP contribution in [0, 0.1) is 0 Å². The molecule has 0 aliphatic carbocycles. The number of nitrogens with zero attached hydrogens (tertiary/aromatic N) is 2. The van der Waals surface area contributed by atoms with Gasteiger partial charge in [0, 0.05) is 17.5 Å². The Morgan fingerprint density at radius 1 is 1.45 bits per heavy atom. The molecule has 1 aromatic carbocycles. The molecule has 0 unspecified atom stereocenters. The number of furan rings is 1. The molecule has 0 saturated heterocycles. The Morgan fingerprint density at radius 2 is 2.35 bits per heavy atom. The zero-order valence-corrected chi connectivity index (χ0v) is 13.1. The van der Waals surface area contributed by atoms with Crippen LogP contribution in [0.25, 0.3) is 16.7 Å². The van der Waals surface area contributed by atoms with Gasteiger partial charge in [0.05, 0.1) is 27.8 Å². The number of aliphatic imine (C=N–C) groups is 1. The molecular weight excluding hydrogens is 312 g/mol. The average molecular weight is 323 g/mol. The van der Waals surface area contributed by atoms with Crippen LogP contribution in [0.1, 0.15) is 5.56 Å². The number of halogens is 1. The summed E-state index contributed by atoms with van der Waals surface area (Å²) in [4.78, 5) is 6.83. The molecule has 0 saturated carbocycles. The summed E-state index contributed by atoms with van der Waals surface area (Å²) in [5, 5.41) is 2.80. The first-order valence-electron chi connectivity index (χ1n) is 6.23. The van der Waals surface area contributed by atoms with Gasteiger partial charge in [0.25, 0.3) is 0 Å². The third kappa shape index (κ3) is 1.80. The summed E-state index contributed by atoms with van der Waals surface area (Å²) >= 11 is 9.85. The molecule has 6 heteroatoms. The molecule has 0 radical (unpaired) electrons. The third-order valence-corrected chi connectivity index (χ3v) is 5.92. The van der Waals surface area contributed by atoms with Crippen LogP contribution in [-0.4, -0.2) is 29.4 Å². The zero-order chi connectivity index (χ0) is 13.7. The molecule has 0 N–H and O–H groups in total. The van der Waals surface area contributed by atoms with Crippen molar-refractivity contribution in [2.24, 2.45) is 4.99 Å². The first kappa shape index (κ1) is 12.7. The van der Waals surface area contributed by atoms with Crippen LogP contribution < -0.4 is 0 Å². The van der Waals surface area contributed by atoms with E-state index in [9.17, 15) is 0 Å². The maximum Gasteiger partial charge on any atom is 0.169 e. The molecule has 3 heterocycles. The minimum atomic E-state index is 0.657. The van der Waals surface area contributed by atoms with Crippen molar-refractivity contribution in [1.29, 1.82) is 0 Å². The second-order valence-electron chi connectivity index (χ2n) is 4.56. The highest BCUT2D eigenvalue weighted by atomic mass is 35.5. The monoisotopic (exact) mass is 322 g/mol. The SMILES string of the molecule is CSC1=C(c2cc(Cl)c3occc3c2)N2CCN=C2S1. The van der Waals surface area contributed by atoms with E-state index in [-0.39, 0.29) is 0 Å². The van der Waals surface area contributed by atoms with Crippen LogP contribution >= 0.6 is 35.1 Å². The van der Waals surface area contributed by atoms with Gasteiger partial charge >= 0.3 is 0 Å². The number of hydrogen-bond acceptors (Lipinski definition) is 5. The van der Waals surface area contributed by atoms with E-state index in [1.54, 1.807) is 29.8 Å². The fourth-order valence-corrected chi connectivity index (χ4v) is 4.74. The summed E-state index contributed by atoms with van der Waals surface area (Å²) in [6, 6.07) is 6.07. The van der Waals surface area contributed by atoms with Crippen LogP contribution in [0.2, 0.25) is 5.02 Å². The Kier molecular flexibility index (Phi) is 3.02. The van der Waals surface area contributed by atoms with Gasteiger partial charge in [-0.2, -0.15) is 0 Å². The van der Waals surface area contributed by atoms with E-state index in [4.69, 9.17) is 16.0 Å². The zero-order valence-electron chi connectivity index (χ0n) is 10.7. The lowest BCUT2D eigenvalue weighted by atomic mass is 10.1. The minimum absolute atomic E-state index is 0.657. The molecule has 0 atom stereocenters. The Balaban J connectivity index is 1.90. The molecule has 2 aromatic rings. The van der Waals surface area contributed by atoms with Crippen molar-refractivity contribution < 1.29 is 4.42 Å². The molecule has 2 aliphatic heterocycles. The highest BCUT2D eigenvalue weighted by Crippen LogP contribution is 2.47. The summed E-state index contributed by atoms with van der Waals surface area (Å²) in [5.41, 5.74) is 3.11. The van der Waals surface area contributed by atoms with E-state index in [0.29, 0.717) is 5.02 Å². The summed E-state index contributed by atoms with van der Waals surface area (Å²) in [6.07, 6.45) is 3.78. The quantitative estimate of drug-likeness (QED) is 0.814. The maximum absolute atomic E-state index is 6.34. The number of fused-ring (bicyclic) bond motifs is 2.